The van der Waals surface area contributed by atoms with Gasteiger partial charge in [0.2, 0.25) is 12.3 Å². The Morgan fingerprint density at radius 3 is 2.41 bits per heavy atom. The van der Waals surface area contributed by atoms with Crippen LogP contribution in [0.2, 0.25) is 10.0 Å². The van der Waals surface area contributed by atoms with E-state index in [0.29, 0.717) is 21.3 Å². The van der Waals surface area contributed by atoms with E-state index in [1.807, 2.05) is 6.07 Å². The van der Waals surface area contributed by atoms with Crippen molar-refractivity contribution < 1.29 is 23.5 Å². The molecular weight excluding hydrogens is 521 g/mol. The molecule has 5 nitrogen and oxygen atoms in total. The minimum absolute atomic E-state index is 0.186. The van der Waals surface area contributed by atoms with Crippen LogP contribution in [0.1, 0.15) is 61.0 Å². The number of halogens is 4. The highest BCUT2D eigenvalue weighted by atomic mass is 35.5. The molecular formula is C28H26Cl2F2N2O3. The van der Waals surface area contributed by atoms with Crippen LogP contribution in [0, 0.1) is 5.41 Å². The monoisotopic (exact) mass is 546 g/mol. The van der Waals surface area contributed by atoms with Crippen molar-refractivity contribution in [1.29, 1.82) is 0 Å². The summed E-state index contributed by atoms with van der Waals surface area (Å²) in [6, 6.07) is 17.2. The SMILES string of the molecule is CC1(CC(=O)O)C[C@H](c2cccc(Cl)c2)[C@@H](c2ccc(Cl)cc2)N(C(CC(F)F)c2ccccn2)C1=O. The third kappa shape index (κ3) is 5.94. The fraction of sp³-hybridized carbons (Fsp3) is 0.321. The lowest BCUT2D eigenvalue weighted by atomic mass is 9.67. The fourth-order valence-corrected chi connectivity index (χ4v) is 5.67. The Morgan fingerprint density at radius 1 is 1.08 bits per heavy atom. The standard InChI is InChI=1S/C28H26Cl2F2N2O3/c1-28(16-25(35)36)15-21(18-5-4-6-20(30)13-18)26(17-8-10-19(29)11-9-17)34(27(28)37)23(14-24(31)32)22-7-2-3-12-33-22/h2-13,21,23-24,26H,14-16H2,1H3,(H,35,36)/t21-,23?,26-,28?/m1/s1. The molecule has 4 rings (SSSR count). The predicted octanol–water partition coefficient (Wildman–Crippen LogP) is 7.32. The van der Waals surface area contributed by atoms with Gasteiger partial charge < -0.3 is 10.0 Å². The average molecular weight is 547 g/mol. The van der Waals surface area contributed by atoms with Gasteiger partial charge in [0.1, 0.15) is 0 Å². The molecule has 1 aliphatic rings. The molecule has 37 heavy (non-hydrogen) atoms. The maximum atomic E-state index is 14.2. The first-order valence-electron chi connectivity index (χ1n) is 11.8. The van der Waals surface area contributed by atoms with Crippen molar-refractivity contribution in [3.8, 4) is 0 Å². The molecule has 194 valence electrons. The molecule has 2 unspecified atom stereocenters. The van der Waals surface area contributed by atoms with Gasteiger partial charge >= 0.3 is 5.97 Å². The molecule has 9 heteroatoms. The molecule has 1 saturated heterocycles. The number of aromatic nitrogens is 1. The number of carboxylic acid groups (broad SMARTS) is 1. The number of carbonyl (C=O) groups is 2. The van der Waals surface area contributed by atoms with E-state index >= 15 is 0 Å². The largest absolute Gasteiger partial charge is 0.481 e. The minimum atomic E-state index is -2.73. The third-order valence-electron chi connectivity index (χ3n) is 6.90. The van der Waals surface area contributed by atoms with Crippen molar-refractivity contribution in [3.63, 3.8) is 0 Å². The summed E-state index contributed by atoms with van der Waals surface area (Å²) in [5.41, 5.74) is 0.421. The zero-order valence-electron chi connectivity index (χ0n) is 20.0. The molecule has 0 spiro atoms. The second kappa shape index (κ2) is 11.2. The van der Waals surface area contributed by atoms with Crippen molar-refractivity contribution in [2.75, 3.05) is 0 Å². The molecule has 2 heterocycles. The summed E-state index contributed by atoms with van der Waals surface area (Å²) in [5.74, 6) is -2.09. The molecule has 1 aromatic heterocycles. The van der Waals surface area contributed by atoms with Crippen LogP contribution in [0.5, 0.6) is 0 Å². The minimum Gasteiger partial charge on any atom is -0.481 e. The van der Waals surface area contributed by atoms with Crippen molar-refractivity contribution in [2.45, 2.75) is 50.6 Å². The van der Waals surface area contributed by atoms with E-state index in [9.17, 15) is 23.5 Å². The van der Waals surface area contributed by atoms with Gasteiger partial charge in [-0.05, 0) is 53.9 Å². The van der Waals surface area contributed by atoms with Crippen LogP contribution in [0.15, 0.2) is 72.9 Å². The summed E-state index contributed by atoms with van der Waals surface area (Å²) < 4.78 is 28.0. The van der Waals surface area contributed by atoms with Crippen molar-refractivity contribution >= 4 is 35.1 Å². The quantitative estimate of drug-likeness (QED) is 0.321. The molecule has 0 aliphatic carbocycles. The summed E-state index contributed by atoms with van der Waals surface area (Å²) in [7, 11) is 0. The number of amides is 1. The second-order valence-corrected chi connectivity index (χ2v) is 10.5. The summed E-state index contributed by atoms with van der Waals surface area (Å²) >= 11 is 12.5. The van der Waals surface area contributed by atoms with Crippen molar-refractivity contribution in [3.05, 3.63) is 99.8 Å². The Balaban J connectivity index is 1.97. The molecule has 1 fully saturated rings. The summed E-state index contributed by atoms with van der Waals surface area (Å²) in [6.07, 6.45) is -2.16. The van der Waals surface area contributed by atoms with Gasteiger partial charge in [-0.25, -0.2) is 8.78 Å². The van der Waals surface area contributed by atoms with Gasteiger partial charge in [-0.2, -0.15) is 0 Å². The number of pyridine rings is 1. The lowest BCUT2D eigenvalue weighted by molar-refractivity contribution is -0.162. The number of piperidine rings is 1. The normalized spacial score (nSPS) is 22.8. The molecule has 2 aromatic carbocycles. The van der Waals surface area contributed by atoms with Gasteiger partial charge in [0.25, 0.3) is 0 Å². The van der Waals surface area contributed by atoms with Crippen LogP contribution in [-0.4, -0.2) is 33.3 Å². The van der Waals surface area contributed by atoms with Crippen molar-refractivity contribution in [2.24, 2.45) is 5.41 Å². The second-order valence-electron chi connectivity index (χ2n) is 9.60. The number of benzene rings is 2. The average Bonchev–Trinajstić information content (AvgIpc) is 2.85. The Morgan fingerprint density at radius 2 is 1.81 bits per heavy atom. The molecule has 1 amide bonds. The maximum Gasteiger partial charge on any atom is 0.304 e. The van der Waals surface area contributed by atoms with E-state index in [1.165, 1.54) is 11.1 Å². The van der Waals surface area contributed by atoms with Gasteiger partial charge in [-0.1, -0.05) is 60.5 Å². The first-order chi connectivity index (χ1) is 17.6. The highest BCUT2D eigenvalue weighted by Gasteiger charge is 2.53. The maximum absolute atomic E-state index is 14.2. The van der Waals surface area contributed by atoms with E-state index < -0.39 is 54.6 Å². The first-order valence-corrected chi connectivity index (χ1v) is 12.6. The smallest absolute Gasteiger partial charge is 0.304 e. The zero-order valence-corrected chi connectivity index (χ0v) is 21.5. The number of aliphatic carboxylic acids is 1. The van der Waals surface area contributed by atoms with Crippen LogP contribution in [0.3, 0.4) is 0 Å². The molecule has 0 radical (unpaired) electrons. The van der Waals surface area contributed by atoms with Crippen LogP contribution in [0.25, 0.3) is 0 Å². The predicted molar refractivity (Wildman–Crippen MR) is 138 cm³/mol. The van der Waals surface area contributed by atoms with E-state index in [-0.39, 0.29) is 6.42 Å². The molecule has 1 N–H and O–H groups in total. The Hall–Kier alpha value is -3.03. The van der Waals surface area contributed by atoms with Gasteiger partial charge in [-0.15, -0.1) is 0 Å². The number of carbonyl (C=O) groups excluding carboxylic acids is 1. The van der Waals surface area contributed by atoms with E-state index in [2.05, 4.69) is 4.98 Å². The van der Waals surface area contributed by atoms with E-state index in [1.54, 1.807) is 67.6 Å². The zero-order chi connectivity index (χ0) is 26.7. The lowest BCUT2D eigenvalue weighted by Crippen LogP contribution is -2.54. The van der Waals surface area contributed by atoms with E-state index in [4.69, 9.17) is 23.2 Å². The number of alkyl halides is 2. The molecule has 0 saturated carbocycles. The van der Waals surface area contributed by atoms with Crippen LogP contribution in [-0.2, 0) is 9.59 Å². The lowest BCUT2D eigenvalue weighted by Gasteiger charge is -2.51. The van der Waals surface area contributed by atoms with Gasteiger partial charge in [0.15, 0.2) is 0 Å². The molecule has 4 atom stereocenters. The fourth-order valence-electron chi connectivity index (χ4n) is 5.34. The topological polar surface area (TPSA) is 70.5 Å². The first kappa shape index (κ1) is 27.0. The summed E-state index contributed by atoms with van der Waals surface area (Å²) in [6.45, 7) is 1.59. The van der Waals surface area contributed by atoms with E-state index in [0.717, 1.165) is 5.56 Å². The van der Waals surface area contributed by atoms with Crippen LogP contribution in [0.4, 0.5) is 8.78 Å². The molecule has 3 aromatic rings. The summed E-state index contributed by atoms with van der Waals surface area (Å²) in [5, 5.41) is 10.7. The van der Waals surface area contributed by atoms with Crippen LogP contribution < -0.4 is 0 Å². The highest BCUT2D eigenvalue weighted by molar-refractivity contribution is 6.30. The molecule has 0 bridgehead atoms. The van der Waals surface area contributed by atoms with Gasteiger partial charge in [-0.3, -0.25) is 14.6 Å². The number of rotatable bonds is 8. The van der Waals surface area contributed by atoms with Gasteiger partial charge in [0.05, 0.1) is 29.6 Å². The highest BCUT2D eigenvalue weighted by Crippen LogP contribution is 2.54. The molecule has 1 aliphatic heterocycles. The number of likely N-dealkylation sites (tertiary alicyclic amines) is 1. The third-order valence-corrected chi connectivity index (χ3v) is 7.39. The number of hydrogen-bond acceptors (Lipinski definition) is 3. The Bertz CT molecular complexity index is 1260. The van der Waals surface area contributed by atoms with Crippen LogP contribution >= 0.6 is 23.2 Å². The number of nitrogens with zero attached hydrogens (tertiary/aromatic N) is 2. The summed E-state index contributed by atoms with van der Waals surface area (Å²) in [4.78, 5) is 31.8. The number of hydrogen-bond donors (Lipinski definition) is 1. The van der Waals surface area contributed by atoms with Crippen molar-refractivity contribution in [1.82, 2.24) is 9.88 Å². The van der Waals surface area contributed by atoms with Gasteiger partial charge in [0, 0.05) is 28.6 Å². The Kier molecular flexibility index (Phi) is 8.14. The number of carboxylic acids is 1. The Labute approximate surface area is 224 Å².